The summed E-state index contributed by atoms with van der Waals surface area (Å²) in [5.41, 5.74) is 0.514. The summed E-state index contributed by atoms with van der Waals surface area (Å²) in [5, 5.41) is 12.7. The number of nitrogens with one attached hydrogen (secondary N) is 1. The fourth-order valence-corrected chi connectivity index (χ4v) is 1.77. The van der Waals surface area contributed by atoms with E-state index >= 15 is 0 Å². The van der Waals surface area contributed by atoms with Gasteiger partial charge >= 0.3 is 0 Å². The number of rotatable bonds is 9. The van der Waals surface area contributed by atoms with Gasteiger partial charge in [-0.3, -0.25) is 0 Å². The molecule has 3 nitrogen and oxygen atoms in total. The lowest BCUT2D eigenvalue weighted by Gasteiger charge is -2.12. The molecule has 0 aliphatic carbocycles. The first-order valence-corrected chi connectivity index (χ1v) is 7.32. The molecule has 1 aromatic carbocycles. The van der Waals surface area contributed by atoms with Crippen molar-refractivity contribution in [2.24, 2.45) is 0 Å². The van der Waals surface area contributed by atoms with Gasteiger partial charge in [0.1, 0.15) is 5.82 Å². The zero-order valence-corrected chi connectivity index (χ0v) is 11.4. The number of hydrogen-bond donors (Lipinski definition) is 2. The van der Waals surface area contributed by atoms with Gasteiger partial charge in [0, 0.05) is 24.4 Å². The van der Waals surface area contributed by atoms with Gasteiger partial charge in [-0.1, -0.05) is 18.2 Å². The second-order valence-corrected chi connectivity index (χ2v) is 4.94. The van der Waals surface area contributed by atoms with Crippen LogP contribution in [0.4, 0.5) is 4.39 Å². The van der Waals surface area contributed by atoms with Crippen molar-refractivity contribution >= 4 is 11.8 Å². The van der Waals surface area contributed by atoms with E-state index in [1.165, 1.54) is 6.07 Å². The molecule has 1 unspecified atom stereocenters. The van der Waals surface area contributed by atoms with Crippen LogP contribution in [0.1, 0.15) is 5.56 Å². The van der Waals surface area contributed by atoms with Crippen molar-refractivity contribution in [3.63, 3.8) is 0 Å². The van der Waals surface area contributed by atoms with Gasteiger partial charge in [-0.25, -0.2) is 4.39 Å². The molecule has 0 spiro atoms. The summed E-state index contributed by atoms with van der Waals surface area (Å²) in [6, 6.07) is 6.49. The molecule has 1 aromatic rings. The molecular weight excluding hydrogens is 253 g/mol. The van der Waals surface area contributed by atoms with Crippen LogP contribution in [0.2, 0.25) is 0 Å². The quantitative estimate of drug-likeness (QED) is 0.671. The van der Waals surface area contributed by atoms with Crippen LogP contribution in [0, 0.1) is 5.82 Å². The maximum Gasteiger partial charge on any atom is 0.128 e. The van der Waals surface area contributed by atoms with Crippen molar-refractivity contribution in [3.8, 4) is 0 Å². The summed E-state index contributed by atoms with van der Waals surface area (Å²) in [6.45, 7) is 1.76. The smallest absolute Gasteiger partial charge is 0.128 e. The topological polar surface area (TPSA) is 41.5 Å². The summed E-state index contributed by atoms with van der Waals surface area (Å²) in [4.78, 5) is 0. The van der Waals surface area contributed by atoms with Crippen LogP contribution in [0.3, 0.4) is 0 Å². The highest BCUT2D eigenvalue weighted by atomic mass is 32.2. The second kappa shape index (κ2) is 9.33. The molecule has 102 valence electrons. The van der Waals surface area contributed by atoms with Gasteiger partial charge in [0.2, 0.25) is 0 Å². The third-order valence-electron chi connectivity index (χ3n) is 2.39. The molecule has 0 saturated carbocycles. The van der Waals surface area contributed by atoms with E-state index in [2.05, 4.69) is 5.32 Å². The van der Waals surface area contributed by atoms with Crippen molar-refractivity contribution in [1.29, 1.82) is 0 Å². The SMILES string of the molecule is CSCCNCC(O)COCc1ccccc1F. The van der Waals surface area contributed by atoms with Crippen LogP contribution in [0.25, 0.3) is 0 Å². The third-order valence-corrected chi connectivity index (χ3v) is 3.00. The van der Waals surface area contributed by atoms with Gasteiger partial charge in [0.25, 0.3) is 0 Å². The van der Waals surface area contributed by atoms with Gasteiger partial charge in [-0.15, -0.1) is 0 Å². The molecule has 0 aromatic heterocycles. The molecule has 5 heteroatoms. The van der Waals surface area contributed by atoms with E-state index in [-0.39, 0.29) is 19.0 Å². The molecule has 0 radical (unpaired) electrons. The van der Waals surface area contributed by atoms with E-state index in [1.54, 1.807) is 30.0 Å². The number of halogens is 1. The minimum absolute atomic E-state index is 0.189. The highest BCUT2D eigenvalue weighted by Crippen LogP contribution is 2.07. The molecule has 0 heterocycles. The standard InChI is InChI=1S/C13H20FNO2S/c1-18-7-6-15-8-12(16)10-17-9-11-4-2-3-5-13(11)14/h2-5,12,15-16H,6-10H2,1H3. The van der Waals surface area contributed by atoms with E-state index in [0.717, 1.165) is 12.3 Å². The van der Waals surface area contributed by atoms with Crippen molar-refractivity contribution in [1.82, 2.24) is 5.32 Å². The summed E-state index contributed by atoms with van der Waals surface area (Å²) < 4.78 is 18.5. The Hall–Kier alpha value is -0.620. The molecule has 1 atom stereocenters. The summed E-state index contributed by atoms with van der Waals surface area (Å²) in [5.74, 6) is 0.744. The number of aliphatic hydroxyl groups excluding tert-OH is 1. The lowest BCUT2D eigenvalue weighted by atomic mass is 10.2. The fourth-order valence-electron chi connectivity index (χ4n) is 1.42. The second-order valence-electron chi connectivity index (χ2n) is 3.96. The Balaban J connectivity index is 2.12. The number of ether oxygens (including phenoxy) is 1. The van der Waals surface area contributed by atoms with Crippen LogP contribution < -0.4 is 5.32 Å². The molecule has 0 aliphatic heterocycles. The minimum Gasteiger partial charge on any atom is -0.389 e. The Morgan fingerprint density at radius 3 is 2.94 bits per heavy atom. The lowest BCUT2D eigenvalue weighted by Crippen LogP contribution is -2.31. The Labute approximate surface area is 112 Å². The molecule has 2 N–H and O–H groups in total. The molecule has 0 bridgehead atoms. The van der Waals surface area contributed by atoms with Gasteiger partial charge in [0.05, 0.1) is 19.3 Å². The van der Waals surface area contributed by atoms with E-state index < -0.39 is 6.10 Å². The normalized spacial score (nSPS) is 12.6. The van der Waals surface area contributed by atoms with Crippen LogP contribution in [0.15, 0.2) is 24.3 Å². The Morgan fingerprint density at radius 1 is 1.44 bits per heavy atom. The van der Waals surface area contributed by atoms with Crippen LogP contribution in [0.5, 0.6) is 0 Å². The fraction of sp³-hybridized carbons (Fsp3) is 0.538. The molecular formula is C13H20FNO2S. The Bertz CT molecular complexity index is 339. The number of hydrogen-bond acceptors (Lipinski definition) is 4. The molecule has 18 heavy (non-hydrogen) atoms. The van der Waals surface area contributed by atoms with E-state index in [1.807, 2.05) is 6.26 Å². The summed E-state index contributed by atoms with van der Waals surface area (Å²) in [6.07, 6.45) is 1.48. The largest absolute Gasteiger partial charge is 0.389 e. The van der Waals surface area contributed by atoms with Crippen molar-refractivity contribution in [2.75, 3.05) is 31.7 Å². The first-order valence-electron chi connectivity index (χ1n) is 5.93. The zero-order valence-electron chi connectivity index (χ0n) is 10.6. The zero-order chi connectivity index (χ0) is 13.2. The average Bonchev–Trinajstić information content (AvgIpc) is 2.37. The predicted octanol–water partition coefficient (Wildman–Crippen LogP) is 1.66. The van der Waals surface area contributed by atoms with Crippen LogP contribution in [-0.4, -0.2) is 42.9 Å². The minimum atomic E-state index is -0.557. The Morgan fingerprint density at radius 2 is 2.22 bits per heavy atom. The van der Waals surface area contributed by atoms with E-state index in [0.29, 0.717) is 12.1 Å². The average molecular weight is 273 g/mol. The van der Waals surface area contributed by atoms with Crippen LogP contribution >= 0.6 is 11.8 Å². The number of aliphatic hydroxyl groups is 1. The third kappa shape index (κ3) is 6.35. The monoisotopic (exact) mass is 273 g/mol. The Kier molecular flexibility index (Phi) is 8.00. The predicted molar refractivity (Wildman–Crippen MR) is 73.3 cm³/mol. The van der Waals surface area contributed by atoms with Crippen molar-refractivity contribution in [2.45, 2.75) is 12.7 Å². The van der Waals surface area contributed by atoms with E-state index in [9.17, 15) is 9.50 Å². The first-order chi connectivity index (χ1) is 8.74. The van der Waals surface area contributed by atoms with Crippen molar-refractivity contribution in [3.05, 3.63) is 35.6 Å². The molecule has 1 rings (SSSR count). The highest BCUT2D eigenvalue weighted by Gasteiger charge is 2.05. The highest BCUT2D eigenvalue weighted by molar-refractivity contribution is 7.98. The molecule has 0 aliphatic rings. The van der Waals surface area contributed by atoms with Crippen molar-refractivity contribution < 1.29 is 14.2 Å². The van der Waals surface area contributed by atoms with E-state index in [4.69, 9.17) is 4.74 Å². The molecule has 0 fully saturated rings. The summed E-state index contributed by atoms with van der Waals surface area (Å²) >= 11 is 1.75. The summed E-state index contributed by atoms with van der Waals surface area (Å²) in [7, 11) is 0. The van der Waals surface area contributed by atoms with Gasteiger partial charge < -0.3 is 15.2 Å². The number of benzene rings is 1. The molecule has 0 saturated heterocycles. The first kappa shape index (κ1) is 15.4. The van der Waals surface area contributed by atoms with Gasteiger partial charge in [-0.05, 0) is 12.3 Å². The number of thioether (sulfide) groups is 1. The van der Waals surface area contributed by atoms with Gasteiger partial charge in [0.15, 0.2) is 0 Å². The molecule has 0 amide bonds. The lowest BCUT2D eigenvalue weighted by molar-refractivity contribution is 0.0282. The van der Waals surface area contributed by atoms with Gasteiger partial charge in [-0.2, -0.15) is 11.8 Å². The van der Waals surface area contributed by atoms with Crippen LogP contribution in [-0.2, 0) is 11.3 Å². The maximum absolute atomic E-state index is 13.2. The maximum atomic E-state index is 13.2.